The molecule has 2 bridgehead atoms. The van der Waals surface area contributed by atoms with Gasteiger partial charge in [-0.15, -0.1) is 0 Å². The molecule has 4 unspecified atom stereocenters. The van der Waals surface area contributed by atoms with E-state index in [0.717, 1.165) is 37.8 Å². The summed E-state index contributed by atoms with van der Waals surface area (Å²) in [5, 5.41) is 13.0. The Labute approximate surface area is 121 Å². The molecule has 1 saturated carbocycles. The highest BCUT2D eigenvalue weighted by atomic mass is 16.4. The van der Waals surface area contributed by atoms with E-state index in [1.807, 2.05) is 0 Å². The highest BCUT2D eigenvalue weighted by molar-refractivity contribution is 5.70. The zero-order valence-corrected chi connectivity index (χ0v) is 12.6. The van der Waals surface area contributed by atoms with Gasteiger partial charge in [0.05, 0.1) is 5.92 Å². The van der Waals surface area contributed by atoms with E-state index in [-0.39, 0.29) is 5.92 Å². The number of carboxylic acid groups (broad SMARTS) is 1. The van der Waals surface area contributed by atoms with Crippen LogP contribution in [0.5, 0.6) is 0 Å². The summed E-state index contributed by atoms with van der Waals surface area (Å²) in [5.74, 6) is -0.719. The molecular weight excluding hydrogens is 252 g/mol. The van der Waals surface area contributed by atoms with Gasteiger partial charge in [-0.3, -0.25) is 4.79 Å². The Bertz CT molecular complexity index is 346. The SMILES string of the molecule is CN1C2CCCC1CC(NC1CCCC(C(=O)O)C1)C2. The molecule has 1 aliphatic carbocycles. The van der Waals surface area contributed by atoms with Gasteiger partial charge in [-0.25, -0.2) is 0 Å². The van der Waals surface area contributed by atoms with Crippen LogP contribution in [0.2, 0.25) is 0 Å². The highest BCUT2D eigenvalue weighted by Gasteiger charge is 2.37. The van der Waals surface area contributed by atoms with E-state index in [2.05, 4.69) is 17.3 Å². The van der Waals surface area contributed by atoms with Crippen LogP contribution in [0.4, 0.5) is 0 Å². The van der Waals surface area contributed by atoms with Crippen molar-refractivity contribution in [1.82, 2.24) is 10.2 Å². The lowest BCUT2D eigenvalue weighted by Gasteiger charge is -2.48. The first-order chi connectivity index (χ1) is 9.63. The number of fused-ring (bicyclic) bond motifs is 2. The van der Waals surface area contributed by atoms with Crippen molar-refractivity contribution in [2.24, 2.45) is 5.92 Å². The average Bonchev–Trinajstić information content (AvgIpc) is 2.40. The van der Waals surface area contributed by atoms with E-state index in [9.17, 15) is 9.90 Å². The van der Waals surface area contributed by atoms with Gasteiger partial charge in [-0.1, -0.05) is 12.8 Å². The lowest BCUT2D eigenvalue weighted by molar-refractivity contribution is -0.143. The van der Waals surface area contributed by atoms with Crippen LogP contribution < -0.4 is 5.32 Å². The molecule has 0 amide bonds. The van der Waals surface area contributed by atoms with Gasteiger partial charge in [0.2, 0.25) is 0 Å². The minimum Gasteiger partial charge on any atom is -0.481 e. The Kier molecular flexibility index (Phi) is 4.32. The van der Waals surface area contributed by atoms with Crippen molar-refractivity contribution >= 4 is 5.97 Å². The number of hydrogen-bond acceptors (Lipinski definition) is 3. The fourth-order valence-electron chi connectivity index (χ4n) is 4.65. The fraction of sp³-hybridized carbons (Fsp3) is 0.938. The molecule has 0 spiro atoms. The normalized spacial score (nSPS) is 42.4. The Hall–Kier alpha value is -0.610. The average molecular weight is 280 g/mol. The number of carboxylic acids is 1. The second-order valence-corrected chi connectivity index (χ2v) is 7.14. The predicted octanol–water partition coefficient (Wildman–Crippen LogP) is 2.23. The highest BCUT2D eigenvalue weighted by Crippen LogP contribution is 2.34. The summed E-state index contributed by atoms with van der Waals surface area (Å²) in [7, 11) is 2.28. The summed E-state index contributed by atoms with van der Waals surface area (Å²) in [6.45, 7) is 0. The maximum Gasteiger partial charge on any atom is 0.306 e. The van der Waals surface area contributed by atoms with Crippen molar-refractivity contribution in [3.63, 3.8) is 0 Å². The Morgan fingerprint density at radius 1 is 1.00 bits per heavy atom. The van der Waals surface area contributed by atoms with E-state index < -0.39 is 5.97 Å². The van der Waals surface area contributed by atoms with Crippen LogP contribution in [-0.4, -0.2) is 47.2 Å². The minimum absolute atomic E-state index is 0.119. The van der Waals surface area contributed by atoms with Gasteiger partial charge in [0.15, 0.2) is 0 Å². The van der Waals surface area contributed by atoms with Crippen LogP contribution in [0.25, 0.3) is 0 Å². The monoisotopic (exact) mass is 280 g/mol. The Balaban J connectivity index is 1.54. The molecule has 2 aliphatic heterocycles. The third-order valence-electron chi connectivity index (χ3n) is 5.83. The first-order valence-corrected chi connectivity index (χ1v) is 8.34. The summed E-state index contributed by atoms with van der Waals surface area (Å²) < 4.78 is 0. The van der Waals surface area contributed by atoms with E-state index in [4.69, 9.17) is 0 Å². The van der Waals surface area contributed by atoms with Crippen LogP contribution in [0, 0.1) is 5.92 Å². The Morgan fingerprint density at radius 2 is 1.65 bits per heavy atom. The van der Waals surface area contributed by atoms with Gasteiger partial charge >= 0.3 is 5.97 Å². The molecule has 4 nitrogen and oxygen atoms in total. The largest absolute Gasteiger partial charge is 0.481 e. The summed E-state index contributed by atoms with van der Waals surface area (Å²) in [6.07, 6.45) is 10.5. The predicted molar refractivity (Wildman–Crippen MR) is 78.7 cm³/mol. The van der Waals surface area contributed by atoms with Crippen LogP contribution >= 0.6 is 0 Å². The third kappa shape index (κ3) is 3.01. The second-order valence-electron chi connectivity index (χ2n) is 7.14. The maximum absolute atomic E-state index is 11.2. The smallest absolute Gasteiger partial charge is 0.306 e. The second kappa shape index (κ2) is 6.02. The van der Waals surface area contributed by atoms with Crippen molar-refractivity contribution in [2.45, 2.75) is 82.0 Å². The number of piperidine rings is 2. The fourth-order valence-corrected chi connectivity index (χ4v) is 4.65. The molecule has 3 aliphatic rings. The van der Waals surface area contributed by atoms with Crippen LogP contribution in [0.3, 0.4) is 0 Å². The molecule has 4 atom stereocenters. The number of carbonyl (C=O) groups is 1. The zero-order valence-electron chi connectivity index (χ0n) is 12.6. The van der Waals surface area contributed by atoms with Crippen molar-refractivity contribution in [2.75, 3.05) is 7.05 Å². The van der Waals surface area contributed by atoms with Crippen LogP contribution in [0.15, 0.2) is 0 Å². The van der Waals surface area contributed by atoms with Gasteiger partial charge < -0.3 is 15.3 Å². The standard InChI is InChI=1S/C16H28N2O2/c1-18-14-6-3-7-15(18)10-13(9-14)17-12-5-2-4-11(8-12)16(19)20/h11-15,17H,2-10H2,1H3,(H,19,20). The van der Waals surface area contributed by atoms with E-state index in [0.29, 0.717) is 12.1 Å². The lowest BCUT2D eigenvalue weighted by atomic mass is 9.80. The molecule has 3 rings (SSSR count). The third-order valence-corrected chi connectivity index (χ3v) is 5.83. The topological polar surface area (TPSA) is 52.6 Å². The first-order valence-electron chi connectivity index (χ1n) is 8.34. The molecule has 2 saturated heterocycles. The number of aliphatic carboxylic acids is 1. The number of hydrogen-bond donors (Lipinski definition) is 2. The molecule has 3 fully saturated rings. The number of nitrogens with zero attached hydrogens (tertiary/aromatic N) is 1. The molecule has 0 aromatic rings. The van der Waals surface area contributed by atoms with Gasteiger partial charge in [-0.05, 0) is 52.0 Å². The molecule has 20 heavy (non-hydrogen) atoms. The lowest BCUT2D eigenvalue weighted by Crippen LogP contribution is -2.56. The summed E-state index contributed by atoms with van der Waals surface area (Å²) >= 11 is 0. The van der Waals surface area contributed by atoms with E-state index in [1.54, 1.807) is 0 Å². The van der Waals surface area contributed by atoms with Crippen molar-refractivity contribution in [1.29, 1.82) is 0 Å². The van der Waals surface area contributed by atoms with E-state index >= 15 is 0 Å². The van der Waals surface area contributed by atoms with Crippen LogP contribution in [-0.2, 0) is 4.79 Å². The molecule has 4 heteroatoms. The number of nitrogens with one attached hydrogen (secondary N) is 1. The van der Waals surface area contributed by atoms with Crippen LogP contribution in [0.1, 0.15) is 57.8 Å². The molecule has 2 N–H and O–H groups in total. The molecule has 0 radical (unpaired) electrons. The molecule has 0 aromatic heterocycles. The van der Waals surface area contributed by atoms with Gasteiger partial charge in [-0.2, -0.15) is 0 Å². The summed E-state index contributed by atoms with van der Waals surface area (Å²) in [4.78, 5) is 13.7. The van der Waals surface area contributed by atoms with Crippen molar-refractivity contribution in [3.05, 3.63) is 0 Å². The quantitative estimate of drug-likeness (QED) is 0.832. The zero-order chi connectivity index (χ0) is 14.1. The van der Waals surface area contributed by atoms with Gasteiger partial charge in [0.25, 0.3) is 0 Å². The van der Waals surface area contributed by atoms with Gasteiger partial charge in [0, 0.05) is 24.2 Å². The molecule has 2 heterocycles. The molecule has 114 valence electrons. The minimum atomic E-state index is -0.600. The molecular formula is C16H28N2O2. The summed E-state index contributed by atoms with van der Waals surface area (Å²) in [5.41, 5.74) is 0. The molecule has 0 aromatic carbocycles. The number of rotatable bonds is 3. The first kappa shape index (κ1) is 14.3. The van der Waals surface area contributed by atoms with Crippen molar-refractivity contribution < 1.29 is 9.90 Å². The van der Waals surface area contributed by atoms with Crippen molar-refractivity contribution in [3.8, 4) is 0 Å². The Morgan fingerprint density at radius 3 is 2.30 bits per heavy atom. The van der Waals surface area contributed by atoms with E-state index in [1.165, 1.54) is 32.1 Å². The summed E-state index contributed by atoms with van der Waals surface area (Å²) in [6, 6.07) is 2.54. The maximum atomic E-state index is 11.2. The van der Waals surface area contributed by atoms with Gasteiger partial charge in [0.1, 0.15) is 0 Å².